The predicted octanol–water partition coefficient (Wildman–Crippen LogP) is 1.06. The van der Waals surface area contributed by atoms with Crippen LogP contribution >= 0.6 is 0 Å². The molecule has 0 atom stereocenters. The maximum Gasteiger partial charge on any atom is 0.246 e. The third-order valence-electron chi connectivity index (χ3n) is 5.97. The Labute approximate surface area is 184 Å². The van der Waals surface area contributed by atoms with Crippen LogP contribution in [0.1, 0.15) is 5.56 Å². The summed E-state index contributed by atoms with van der Waals surface area (Å²) >= 11 is 0. The molecular formula is C21H30N6O3S. The molecule has 2 fully saturated rings. The Morgan fingerprint density at radius 1 is 0.871 bits per heavy atom. The van der Waals surface area contributed by atoms with Crippen molar-refractivity contribution in [3.05, 3.63) is 36.2 Å². The van der Waals surface area contributed by atoms with Crippen LogP contribution in [0.4, 0.5) is 11.6 Å². The molecule has 3 heterocycles. The largest absolute Gasteiger partial charge is 0.495 e. The summed E-state index contributed by atoms with van der Waals surface area (Å²) in [4.78, 5) is 15.8. The number of sulfonamides is 1. The first-order valence-electron chi connectivity index (χ1n) is 10.5. The van der Waals surface area contributed by atoms with Gasteiger partial charge < -0.3 is 19.4 Å². The van der Waals surface area contributed by atoms with Crippen LogP contribution < -0.4 is 14.5 Å². The van der Waals surface area contributed by atoms with Crippen molar-refractivity contribution in [1.82, 2.24) is 19.2 Å². The minimum absolute atomic E-state index is 0.225. The van der Waals surface area contributed by atoms with E-state index in [1.165, 1.54) is 11.4 Å². The molecule has 0 N–H and O–H groups in total. The van der Waals surface area contributed by atoms with E-state index in [9.17, 15) is 8.42 Å². The van der Waals surface area contributed by atoms with Gasteiger partial charge in [-0.3, -0.25) is 0 Å². The zero-order valence-electron chi connectivity index (χ0n) is 18.4. The van der Waals surface area contributed by atoms with Crippen LogP contribution in [0.15, 0.2) is 35.5 Å². The summed E-state index contributed by atoms with van der Waals surface area (Å²) in [5.74, 6) is 2.15. The number of nitrogens with zero attached hydrogens (tertiary/aromatic N) is 6. The third kappa shape index (κ3) is 4.60. The molecule has 0 saturated carbocycles. The van der Waals surface area contributed by atoms with E-state index in [1.807, 2.05) is 19.1 Å². The number of piperazine rings is 2. The van der Waals surface area contributed by atoms with Crippen LogP contribution in [-0.4, -0.2) is 94.1 Å². The number of likely N-dealkylation sites (N-methyl/N-ethyl adjacent to an activating group) is 1. The molecule has 0 radical (unpaired) electrons. The second kappa shape index (κ2) is 8.97. The van der Waals surface area contributed by atoms with Gasteiger partial charge in [0.25, 0.3) is 0 Å². The van der Waals surface area contributed by atoms with Crippen LogP contribution in [0.2, 0.25) is 0 Å². The van der Waals surface area contributed by atoms with Gasteiger partial charge in [0.05, 0.1) is 7.11 Å². The van der Waals surface area contributed by atoms with Gasteiger partial charge in [0.15, 0.2) is 0 Å². The number of anilines is 2. The summed E-state index contributed by atoms with van der Waals surface area (Å²) in [5.41, 5.74) is 0.885. The lowest BCUT2D eigenvalue weighted by Crippen LogP contribution is -2.49. The molecule has 0 amide bonds. The summed E-state index contributed by atoms with van der Waals surface area (Å²) in [6.45, 7) is 7.73. The Balaban J connectivity index is 1.46. The van der Waals surface area contributed by atoms with Gasteiger partial charge in [-0.25, -0.2) is 18.4 Å². The van der Waals surface area contributed by atoms with Gasteiger partial charge >= 0.3 is 0 Å². The van der Waals surface area contributed by atoms with Crippen molar-refractivity contribution in [2.45, 2.75) is 11.8 Å². The van der Waals surface area contributed by atoms with Crippen LogP contribution in [-0.2, 0) is 10.0 Å². The van der Waals surface area contributed by atoms with Crippen LogP contribution in [0.25, 0.3) is 0 Å². The van der Waals surface area contributed by atoms with E-state index >= 15 is 0 Å². The molecule has 2 saturated heterocycles. The van der Waals surface area contributed by atoms with Crippen molar-refractivity contribution >= 4 is 21.7 Å². The minimum atomic E-state index is -3.63. The Morgan fingerprint density at radius 2 is 1.45 bits per heavy atom. The van der Waals surface area contributed by atoms with Gasteiger partial charge in [0, 0.05) is 58.4 Å². The van der Waals surface area contributed by atoms with Crippen molar-refractivity contribution in [3.8, 4) is 5.75 Å². The van der Waals surface area contributed by atoms with Gasteiger partial charge in [-0.05, 0) is 31.7 Å². The number of hydrogen-bond donors (Lipinski definition) is 0. The van der Waals surface area contributed by atoms with Gasteiger partial charge in [0.2, 0.25) is 10.0 Å². The SMILES string of the molecule is COc1ccc(C)cc1S(=O)(=O)N1CCN(c2cc(N3CCN(C)CC3)ncn2)CC1. The minimum Gasteiger partial charge on any atom is -0.495 e. The number of aromatic nitrogens is 2. The van der Waals surface area contributed by atoms with E-state index in [-0.39, 0.29) is 4.90 Å². The molecule has 0 aliphatic carbocycles. The number of rotatable bonds is 5. The first-order chi connectivity index (χ1) is 14.9. The lowest BCUT2D eigenvalue weighted by molar-refractivity contribution is 0.312. The van der Waals surface area contributed by atoms with Gasteiger partial charge in [-0.2, -0.15) is 4.31 Å². The fourth-order valence-electron chi connectivity index (χ4n) is 4.00. The van der Waals surface area contributed by atoms with Crippen molar-refractivity contribution in [2.75, 3.05) is 76.3 Å². The zero-order chi connectivity index (χ0) is 22.0. The maximum atomic E-state index is 13.2. The molecule has 168 valence electrons. The second-order valence-electron chi connectivity index (χ2n) is 8.07. The fraction of sp³-hybridized carbons (Fsp3) is 0.524. The zero-order valence-corrected chi connectivity index (χ0v) is 19.2. The van der Waals surface area contributed by atoms with E-state index in [2.05, 4.69) is 31.7 Å². The van der Waals surface area contributed by atoms with E-state index in [0.717, 1.165) is 43.4 Å². The first-order valence-corrected chi connectivity index (χ1v) is 12.0. The van der Waals surface area contributed by atoms with Crippen molar-refractivity contribution < 1.29 is 13.2 Å². The molecule has 9 nitrogen and oxygen atoms in total. The highest BCUT2D eigenvalue weighted by Crippen LogP contribution is 2.29. The van der Waals surface area contributed by atoms with Gasteiger partial charge in [-0.1, -0.05) is 6.07 Å². The average molecular weight is 447 g/mol. The van der Waals surface area contributed by atoms with Crippen molar-refractivity contribution in [2.24, 2.45) is 0 Å². The number of hydrogen-bond acceptors (Lipinski definition) is 8. The van der Waals surface area contributed by atoms with Crippen molar-refractivity contribution in [1.29, 1.82) is 0 Å². The van der Waals surface area contributed by atoms with Crippen LogP contribution in [0.3, 0.4) is 0 Å². The van der Waals surface area contributed by atoms with Crippen molar-refractivity contribution in [3.63, 3.8) is 0 Å². The maximum absolute atomic E-state index is 13.2. The molecule has 2 aromatic rings. The Kier molecular flexibility index (Phi) is 6.31. The van der Waals surface area contributed by atoms with Gasteiger partial charge in [-0.15, -0.1) is 0 Å². The summed E-state index contributed by atoms with van der Waals surface area (Å²) in [6.07, 6.45) is 1.60. The lowest BCUT2D eigenvalue weighted by Gasteiger charge is -2.36. The number of benzene rings is 1. The summed E-state index contributed by atoms with van der Waals surface area (Å²) < 4.78 is 33.3. The highest BCUT2D eigenvalue weighted by molar-refractivity contribution is 7.89. The Hall–Kier alpha value is -2.43. The molecule has 1 aromatic carbocycles. The molecule has 0 spiro atoms. The fourth-order valence-corrected chi connectivity index (χ4v) is 5.66. The predicted molar refractivity (Wildman–Crippen MR) is 120 cm³/mol. The molecule has 10 heteroatoms. The van der Waals surface area contributed by atoms with E-state index < -0.39 is 10.0 Å². The monoisotopic (exact) mass is 446 g/mol. The normalized spacial score (nSPS) is 18.9. The number of methoxy groups -OCH3 is 1. The lowest BCUT2D eigenvalue weighted by atomic mass is 10.2. The highest BCUT2D eigenvalue weighted by atomic mass is 32.2. The first kappa shape index (κ1) is 21.8. The highest BCUT2D eigenvalue weighted by Gasteiger charge is 2.31. The smallest absolute Gasteiger partial charge is 0.246 e. The molecule has 0 bridgehead atoms. The van der Waals surface area contributed by atoms with Gasteiger partial charge in [0.1, 0.15) is 28.6 Å². The van der Waals surface area contributed by atoms with E-state index in [0.29, 0.717) is 31.9 Å². The summed E-state index contributed by atoms with van der Waals surface area (Å²) in [6, 6.07) is 7.24. The molecule has 2 aliphatic heterocycles. The quantitative estimate of drug-likeness (QED) is 0.674. The van der Waals surface area contributed by atoms with Crippen LogP contribution in [0.5, 0.6) is 5.75 Å². The molecule has 2 aliphatic rings. The molecular weight excluding hydrogens is 416 g/mol. The number of ether oxygens (including phenoxy) is 1. The molecule has 4 rings (SSSR count). The average Bonchev–Trinajstić information content (AvgIpc) is 2.80. The standard InChI is InChI=1S/C21H30N6O3S/c1-17-4-5-18(30-3)19(14-17)31(28,29)27-12-10-26(11-13-27)21-15-20(22-16-23-21)25-8-6-24(2)7-9-25/h4-5,14-16H,6-13H2,1-3H3. The Morgan fingerprint density at radius 3 is 2.03 bits per heavy atom. The van der Waals surface area contributed by atoms with E-state index in [4.69, 9.17) is 4.74 Å². The topological polar surface area (TPSA) is 82.1 Å². The summed E-state index contributed by atoms with van der Waals surface area (Å²) in [5, 5.41) is 0. The molecule has 1 aromatic heterocycles. The van der Waals surface area contributed by atoms with E-state index in [1.54, 1.807) is 18.5 Å². The number of aryl methyl sites for hydroxylation is 1. The Bertz CT molecular complexity index is 1020. The summed E-state index contributed by atoms with van der Waals surface area (Å²) in [7, 11) is -0.00506. The van der Waals surface area contributed by atoms with Crippen LogP contribution in [0, 0.1) is 6.92 Å². The molecule has 0 unspecified atom stereocenters. The molecule has 31 heavy (non-hydrogen) atoms. The third-order valence-corrected chi connectivity index (χ3v) is 7.88. The second-order valence-corrected chi connectivity index (χ2v) is 9.98.